The van der Waals surface area contributed by atoms with E-state index in [1.807, 2.05) is 13.8 Å². The van der Waals surface area contributed by atoms with E-state index in [0.717, 1.165) is 0 Å². The molecule has 0 aliphatic rings. The highest BCUT2D eigenvalue weighted by molar-refractivity contribution is 6.35. The first-order chi connectivity index (χ1) is 10.9. The van der Waals surface area contributed by atoms with Crippen LogP contribution in [-0.4, -0.2) is 15.9 Å². The molecule has 0 saturated carbocycles. The number of hydrogen-bond donors (Lipinski definition) is 1. The number of pyridine rings is 1. The smallest absolute Gasteiger partial charge is 0.275 e. The Bertz CT molecular complexity index is 890. The quantitative estimate of drug-likeness (QED) is 0.682. The molecule has 0 unspecified atom stereocenters. The standard InChI is InChI=1S/C16H13Cl2N3O2/c1-8(2)16-20-11-7-9(3-5-12(11)23-16)19-15(22)14-10(17)4-6-13(18)21-14/h3-8H,1-2H3,(H,19,22). The predicted octanol–water partition coefficient (Wildman–Crippen LogP) is 4.91. The monoisotopic (exact) mass is 349 g/mol. The number of halogens is 2. The summed E-state index contributed by atoms with van der Waals surface area (Å²) in [6.45, 7) is 4.00. The van der Waals surface area contributed by atoms with Crippen LogP contribution in [0, 0.1) is 0 Å². The zero-order valence-electron chi connectivity index (χ0n) is 12.4. The van der Waals surface area contributed by atoms with Crippen LogP contribution in [0.2, 0.25) is 10.2 Å². The van der Waals surface area contributed by atoms with Crippen molar-refractivity contribution in [2.75, 3.05) is 5.32 Å². The molecule has 0 aliphatic carbocycles. The summed E-state index contributed by atoms with van der Waals surface area (Å²) in [5.41, 5.74) is 1.99. The molecule has 118 valence electrons. The zero-order valence-corrected chi connectivity index (χ0v) is 13.9. The molecular formula is C16H13Cl2N3O2. The van der Waals surface area contributed by atoms with E-state index < -0.39 is 5.91 Å². The lowest BCUT2D eigenvalue weighted by Gasteiger charge is -2.06. The van der Waals surface area contributed by atoms with E-state index in [1.54, 1.807) is 18.2 Å². The van der Waals surface area contributed by atoms with Gasteiger partial charge in [-0.15, -0.1) is 0 Å². The highest BCUT2D eigenvalue weighted by atomic mass is 35.5. The second kappa shape index (κ2) is 6.18. The molecule has 3 aromatic rings. The number of hydrogen-bond acceptors (Lipinski definition) is 4. The van der Waals surface area contributed by atoms with Crippen molar-refractivity contribution in [3.05, 3.63) is 52.1 Å². The van der Waals surface area contributed by atoms with Gasteiger partial charge in [0.05, 0.1) is 5.02 Å². The van der Waals surface area contributed by atoms with Gasteiger partial charge in [0.2, 0.25) is 0 Å². The molecule has 3 rings (SSSR count). The highest BCUT2D eigenvalue weighted by Gasteiger charge is 2.15. The number of fused-ring (bicyclic) bond motifs is 1. The Hall–Kier alpha value is -2.11. The summed E-state index contributed by atoms with van der Waals surface area (Å²) in [4.78, 5) is 20.6. The molecule has 0 saturated heterocycles. The molecule has 0 radical (unpaired) electrons. The van der Waals surface area contributed by atoms with Crippen LogP contribution in [-0.2, 0) is 0 Å². The summed E-state index contributed by atoms with van der Waals surface area (Å²) in [6.07, 6.45) is 0. The number of nitrogens with one attached hydrogen (secondary N) is 1. The summed E-state index contributed by atoms with van der Waals surface area (Å²) < 4.78 is 5.63. The number of aromatic nitrogens is 2. The molecule has 23 heavy (non-hydrogen) atoms. The third kappa shape index (κ3) is 3.30. The molecule has 0 fully saturated rings. The molecule has 0 aliphatic heterocycles. The first-order valence-electron chi connectivity index (χ1n) is 6.98. The van der Waals surface area contributed by atoms with Gasteiger partial charge >= 0.3 is 0 Å². The van der Waals surface area contributed by atoms with Gasteiger partial charge in [0, 0.05) is 11.6 Å². The second-order valence-electron chi connectivity index (χ2n) is 5.31. The van der Waals surface area contributed by atoms with E-state index in [1.165, 1.54) is 12.1 Å². The fourth-order valence-electron chi connectivity index (χ4n) is 2.04. The molecule has 0 atom stereocenters. The fourth-order valence-corrected chi connectivity index (χ4v) is 2.38. The van der Waals surface area contributed by atoms with Crippen molar-refractivity contribution in [1.29, 1.82) is 0 Å². The third-order valence-electron chi connectivity index (χ3n) is 3.18. The van der Waals surface area contributed by atoms with Crippen LogP contribution in [0.25, 0.3) is 11.1 Å². The molecule has 1 N–H and O–H groups in total. The van der Waals surface area contributed by atoms with E-state index in [9.17, 15) is 4.79 Å². The average molecular weight is 350 g/mol. The highest BCUT2D eigenvalue weighted by Crippen LogP contribution is 2.24. The van der Waals surface area contributed by atoms with Gasteiger partial charge in [-0.25, -0.2) is 9.97 Å². The van der Waals surface area contributed by atoms with Gasteiger partial charge in [-0.1, -0.05) is 37.0 Å². The maximum absolute atomic E-state index is 12.3. The molecular weight excluding hydrogens is 337 g/mol. The molecule has 5 nitrogen and oxygen atoms in total. The maximum atomic E-state index is 12.3. The molecule has 2 heterocycles. The number of anilines is 1. The maximum Gasteiger partial charge on any atom is 0.275 e. The van der Waals surface area contributed by atoms with Crippen LogP contribution in [0.15, 0.2) is 34.7 Å². The number of rotatable bonds is 3. The molecule has 0 bridgehead atoms. The van der Waals surface area contributed by atoms with Crippen LogP contribution in [0.5, 0.6) is 0 Å². The van der Waals surface area contributed by atoms with E-state index in [0.29, 0.717) is 22.7 Å². The Morgan fingerprint density at radius 2 is 1.96 bits per heavy atom. The summed E-state index contributed by atoms with van der Waals surface area (Å²) in [6, 6.07) is 8.28. The number of carbonyl (C=O) groups excluding carboxylic acids is 1. The molecule has 1 amide bonds. The van der Waals surface area contributed by atoms with Gasteiger partial charge in [-0.3, -0.25) is 4.79 Å². The van der Waals surface area contributed by atoms with Crippen molar-refractivity contribution >= 4 is 45.9 Å². The van der Waals surface area contributed by atoms with Crippen molar-refractivity contribution in [3.63, 3.8) is 0 Å². The first-order valence-corrected chi connectivity index (χ1v) is 7.73. The Balaban J connectivity index is 1.88. The van der Waals surface area contributed by atoms with Gasteiger partial charge in [-0.05, 0) is 30.3 Å². The minimum Gasteiger partial charge on any atom is -0.440 e. The Morgan fingerprint density at radius 1 is 1.17 bits per heavy atom. The van der Waals surface area contributed by atoms with Crippen molar-refractivity contribution in [3.8, 4) is 0 Å². The van der Waals surface area contributed by atoms with E-state index in [2.05, 4.69) is 15.3 Å². The Labute approximate surface area is 142 Å². The van der Waals surface area contributed by atoms with Crippen molar-refractivity contribution < 1.29 is 9.21 Å². The van der Waals surface area contributed by atoms with Gasteiger partial charge in [0.25, 0.3) is 5.91 Å². The molecule has 2 aromatic heterocycles. The van der Waals surface area contributed by atoms with Crippen LogP contribution in [0.1, 0.15) is 36.1 Å². The van der Waals surface area contributed by atoms with E-state index >= 15 is 0 Å². The van der Waals surface area contributed by atoms with Crippen LogP contribution in [0.3, 0.4) is 0 Å². The number of nitrogens with zero attached hydrogens (tertiary/aromatic N) is 2. The third-order valence-corrected chi connectivity index (χ3v) is 3.70. The van der Waals surface area contributed by atoms with E-state index in [-0.39, 0.29) is 21.8 Å². The Morgan fingerprint density at radius 3 is 2.70 bits per heavy atom. The second-order valence-corrected chi connectivity index (χ2v) is 6.10. The summed E-state index contributed by atoms with van der Waals surface area (Å²) in [7, 11) is 0. The van der Waals surface area contributed by atoms with Crippen molar-refractivity contribution in [1.82, 2.24) is 9.97 Å². The number of benzene rings is 1. The van der Waals surface area contributed by atoms with Gasteiger partial charge in [0.1, 0.15) is 16.4 Å². The van der Waals surface area contributed by atoms with Crippen LogP contribution >= 0.6 is 23.2 Å². The van der Waals surface area contributed by atoms with Crippen molar-refractivity contribution in [2.45, 2.75) is 19.8 Å². The normalized spacial score (nSPS) is 11.2. The first kappa shape index (κ1) is 15.8. The minimum absolute atomic E-state index is 0.0716. The summed E-state index contributed by atoms with van der Waals surface area (Å²) >= 11 is 11.8. The van der Waals surface area contributed by atoms with Crippen LogP contribution in [0.4, 0.5) is 5.69 Å². The largest absolute Gasteiger partial charge is 0.440 e. The SMILES string of the molecule is CC(C)c1nc2cc(NC(=O)c3nc(Cl)ccc3Cl)ccc2o1. The minimum atomic E-state index is -0.440. The number of oxazole rings is 1. The molecule has 7 heteroatoms. The topological polar surface area (TPSA) is 68.0 Å². The summed E-state index contributed by atoms with van der Waals surface area (Å²) in [5.74, 6) is 0.405. The lowest BCUT2D eigenvalue weighted by molar-refractivity contribution is 0.102. The van der Waals surface area contributed by atoms with Crippen molar-refractivity contribution in [2.24, 2.45) is 0 Å². The van der Waals surface area contributed by atoms with Gasteiger partial charge in [0.15, 0.2) is 11.5 Å². The predicted molar refractivity (Wildman–Crippen MR) is 90.3 cm³/mol. The van der Waals surface area contributed by atoms with Gasteiger partial charge in [-0.2, -0.15) is 0 Å². The number of carbonyl (C=O) groups is 1. The molecule has 0 spiro atoms. The number of amides is 1. The zero-order chi connectivity index (χ0) is 16.6. The summed E-state index contributed by atoms with van der Waals surface area (Å²) in [5, 5.41) is 3.17. The van der Waals surface area contributed by atoms with E-state index in [4.69, 9.17) is 27.6 Å². The van der Waals surface area contributed by atoms with Gasteiger partial charge < -0.3 is 9.73 Å². The van der Waals surface area contributed by atoms with Crippen LogP contribution < -0.4 is 5.32 Å². The molecule has 1 aromatic carbocycles. The average Bonchev–Trinajstić information content (AvgIpc) is 2.93. The lowest BCUT2D eigenvalue weighted by Crippen LogP contribution is -2.14. The lowest BCUT2D eigenvalue weighted by atomic mass is 10.2. The fraction of sp³-hybridized carbons (Fsp3) is 0.188. The Kier molecular flexibility index (Phi) is 4.24.